The third-order valence-electron chi connectivity index (χ3n) is 4.05. The molecule has 3 rings (SSSR count). The molecule has 0 atom stereocenters. The van der Waals surface area contributed by atoms with E-state index in [-0.39, 0.29) is 19.0 Å². The van der Waals surface area contributed by atoms with Gasteiger partial charge in [-0.05, 0) is 43.5 Å². The van der Waals surface area contributed by atoms with Crippen molar-refractivity contribution in [3.63, 3.8) is 0 Å². The number of fused-ring (bicyclic) bond motifs is 1. The topological polar surface area (TPSA) is 93.2 Å². The number of aromatic nitrogens is 4. The molecule has 0 radical (unpaired) electrons. The maximum absolute atomic E-state index is 12.0. The normalized spacial score (nSPS) is 10.6. The molecule has 0 aliphatic rings. The minimum absolute atomic E-state index is 0.197. The van der Waals surface area contributed by atoms with Gasteiger partial charge in [0.15, 0.2) is 0 Å². The van der Waals surface area contributed by atoms with Crippen molar-refractivity contribution in [2.75, 3.05) is 0 Å². The van der Waals surface area contributed by atoms with Gasteiger partial charge in [-0.15, -0.1) is 0 Å². The van der Waals surface area contributed by atoms with Crippen molar-refractivity contribution in [3.05, 3.63) is 58.7 Å². The number of hydrogen-bond donors (Lipinski definition) is 0. The number of benzene rings is 1. The van der Waals surface area contributed by atoms with Gasteiger partial charge in [-0.25, -0.2) is 9.50 Å². The van der Waals surface area contributed by atoms with Crippen molar-refractivity contribution in [3.8, 4) is 6.07 Å². The summed E-state index contributed by atoms with van der Waals surface area (Å²) in [6.07, 6.45) is 2.26. The van der Waals surface area contributed by atoms with E-state index >= 15 is 0 Å². The van der Waals surface area contributed by atoms with Gasteiger partial charge < -0.3 is 4.74 Å². The lowest BCUT2D eigenvalue weighted by Crippen LogP contribution is -2.10. The fourth-order valence-corrected chi connectivity index (χ4v) is 2.66. The summed E-state index contributed by atoms with van der Waals surface area (Å²) in [5.41, 5.74) is 4.19. The fourth-order valence-electron chi connectivity index (χ4n) is 2.66. The third kappa shape index (κ3) is 3.63. The van der Waals surface area contributed by atoms with E-state index in [4.69, 9.17) is 10.00 Å². The maximum atomic E-state index is 12.0. The Morgan fingerprint density at radius 2 is 2.04 bits per heavy atom. The molecular formula is C18H17N5O2. The standard InChI is InChI=1S/C18H17N5O2/c1-12-16(13(2)23-18(22-12)20-11-21-23)7-8-17(24)25-10-15-5-3-14(9-19)4-6-15/h3-6,11H,7-8,10H2,1-2H3. The number of carbonyl (C=O) groups is 1. The van der Waals surface area contributed by atoms with Gasteiger partial charge in [0.05, 0.1) is 11.6 Å². The molecule has 0 N–H and O–H groups in total. The Balaban J connectivity index is 1.59. The molecule has 0 unspecified atom stereocenters. The second-order valence-electron chi connectivity index (χ2n) is 5.70. The van der Waals surface area contributed by atoms with Crippen LogP contribution in [-0.4, -0.2) is 25.6 Å². The SMILES string of the molecule is Cc1nc2ncnn2c(C)c1CCC(=O)OCc1ccc(C#N)cc1. The molecule has 0 saturated carbocycles. The number of esters is 1. The van der Waals surface area contributed by atoms with Gasteiger partial charge >= 0.3 is 5.97 Å². The number of hydrogen-bond acceptors (Lipinski definition) is 6. The Labute approximate surface area is 144 Å². The zero-order chi connectivity index (χ0) is 17.8. The highest BCUT2D eigenvalue weighted by molar-refractivity contribution is 5.69. The Morgan fingerprint density at radius 3 is 2.76 bits per heavy atom. The molecule has 0 bridgehead atoms. The van der Waals surface area contributed by atoms with Gasteiger partial charge in [0.1, 0.15) is 12.9 Å². The van der Waals surface area contributed by atoms with Crippen LogP contribution in [0.4, 0.5) is 0 Å². The van der Waals surface area contributed by atoms with E-state index in [1.54, 1.807) is 28.8 Å². The van der Waals surface area contributed by atoms with E-state index in [1.807, 2.05) is 13.8 Å². The molecule has 25 heavy (non-hydrogen) atoms. The molecule has 7 heteroatoms. The molecule has 2 aromatic heterocycles. The quantitative estimate of drug-likeness (QED) is 0.664. The molecule has 0 aliphatic heterocycles. The summed E-state index contributed by atoms with van der Waals surface area (Å²) in [4.78, 5) is 20.5. The first-order valence-electron chi connectivity index (χ1n) is 7.89. The molecule has 1 aromatic carbocycles. The van der Waals surface area contributed by atoms with Crippen LogP contribution in [0.3, 0.4) is 0 Å². The Bertz CT molecular complexity index is 954. The molecule has 0 saturated heterocycles. The van der Waals surface area contributed by atoms with Crippen LogP contribution < -0.4 is 0 Å². The highest BCUT2D eigenvalue weighted by Gasteiger charge is 2.13. The van der Waals surface area contributed by atoms with Gasteiger partial charge in [0.2, 0.25) is 0 Å². The van der Waals surface area contributed by atoms with Crippen LogP contribution in [0.25, 0.3) is 5.78 Å². The Kier molecular flexibility index (Phi) is 4.70. The van der Waals surface area contributed by atoms with Crippen LogP contribution in [0, 0.1) is 25.2 Å². The maximum Gasteiger partial charge on any atom is 0.306 e. The molecular weight excluding hydrogens is 318 g/mol. The first-order valence-corrected chi connectivity index (χ1v) is 7.89. The molecule has 0 fully saturated rings. The second-order valence-corrected chi connectivity index (χ2v) is 5.70. The molecule has 7 nitrogen and oxygen atoms in total. The van der Waals surface area contributed by atoms with Crippen molar-refractivity contribution in [2.24, 2.45) is 0 Å². The molecule has 0 spiro atoms. The van der Waals surface area contributed by atoms with Crippen LogP contribution in [0.2, 0.25) is 0 Å². The molecule has 0 amide bonds. The summed E-state index contributed by atoms with van der Waals surface area (Å²) in [6, 6.07) is 9.02. The first-order chi connectivity index (χ1) is 12.1. The average Bonchev–Trinajstić information content (AvgIpc) is 3.08. The predicted octanol–water partition coefficient (Wildman–Crippen LogP) is 2.29. The lowest BCUT2D eigenvalue weighted by Gasteiger charge is -2.10. The first kappa shape index (κ1) is 16.6. The smallest absolute Gasteiger partial charge is 0.306 e. The molecule has 3 aromatic rings. The van der Waals surface area contributed by atoms with E-state index in [1.165, 1.54) is 6.33 Å². The molecule has 2 heterocycles. The highest BCUT2D eigenvalue weighted by Crippen LogP contribution is 2.15. The Morgan fingerprint density at radius 1 is 1.28 bits per heavy atom. The van der Waals surface area contributed by atoms with E-state index < -0.39 is 0 Å². The summed E-state index contributed by atoms with van der Waals surface area (Å²) in [6.45, 7) is 4.04. The number of nitriles is 1. The Hall–Kier alpha value is -3.27. The van der Waals surface area contributed by atoms with Crippen LogP contribution in [0.5, 0.6) is 0 Å². The number of carbonyl (C=O) groups excluding carboxylic acids is 1. The van der Waals surface area contributed by atoms with Crippen molar-refractivity contribution in [2.45, 2.75) is 33.3 Å². The van der Waals surface area contributed by atoms with Gasteiger partial charge in [-0.3, -0.25) is 4.79 Å². The predicted molar refractivity (Wildman–Crippen MR) is 89.5 cm³/mol. The van der Waals surface area contributed by atoms with Gasteiger partial charge in [-0.1, -0.05) is 12.1 Å². The van der Waals surface area contributed by atoms with Gasteiger partial charge in [0.25, 0.3) is 5.78 Å². The van der Waals surface area contributed by atoms with Crippen LogP contribution >= 0.6 is 0 Å². The number of aryl methyl sites for hydroxylation is 2. The van der Waals surface area contributed by atoms with E-state index in [0.717, 1.165) is 22.5 Å². The van der Waals surface area contributed by atoms with Crippen molar-refractivity contribution in [1.82, 2.24) is 19.6 Å². The average molecular weight is 335 g/mol. The second kappa shape index (κ2) is 7.09. The van der Waals surface area contributed by atoms with Crippen LogP contribution in [0.15, 0.2) is 30.6 Å². The largest absolute Gasteiger partial charge is 0.461 e. The zero-order valence-corrected chi connectivity index (χ0v) is 14.1. The summed E-state index contributed by atoms with van der Waals surface area (Å²) in [5.74, 6) is 0.281. The van der Waals surface area contributed by atoms with E-state index in [9.17, 15) is 4.79 Å². The van der Waals surface area contributed by atoms with Gasteiger partial charge in [-0.2, -0.15) is 15.3 Å². The number of ether oxygens (including phenoxy) is 1. The van der Waals surface area contributed by atoms with Gasteiger partial charge in [0, 0.05) is 17.8 Å². The number of nitrogens with zero attached hydrogens (tertiary/aromatic N) is 5. The molecule has 126 valence electrons. The van der Waals surface area contributed by atoms with E-state index in [0.29, 0.717) is 17.8 Å². The zero-order valence-electron chi connectivity index (χ0n) is 14.1. The van der Waals surface area contributed by atoms with Crippen molar-refractivity contribution >= 4 is 11.7 Å². The molecule has 0 aliphatic carbocycles. The summed E-state index contributed by atoms with van der Waals surface area (Å²) >= 11 is 0. The van der Waals surface area contributed by atoms with Crippen LogP contribution in [0.1, 0.15) is 34.5 Å². The van der Waals surface area contributed by atoms with Crippen molar-refractivity contribution in [1.29, 1.82) is 5.26 Å². The lowest BCUT2D eigenvalue weighted by molar-refractivity contribution is -0.144. The highest BCUT2D eigenvalue weighted by atomic mass is 16.5. The van der Waals surface area contributed by atoms with Crippen LogP contribution in [-0.2, 0) is 22.6 Å². The van der Waals surface area contributed by atoms with E-state index in [2.05, 4.69) is 21.1 Å². The monoisotopic (exact) mass is 335 g/mol. The lowest BCUT2D eigenvalue weighted by atomic mass is 10.1. The minimum atomic E-state index is -0.276. The minimum Gasteiger partial charge on any atom is -0.461 e. The summed E-state index contributed by atoms with van der Waals surface area (Å²) in [7, 11) is 0. The number of rotatable bonds is 5. The summed E-state index contributed by atoms with van der Waals surface area (Å²) < 4.78 is 6.97. The summed E-state index contributed by atoms with van der Waals surface area (Å²) in [5, 5.41) is 12.9. The fraction of sp³-hybridized carbons (Fsp3) is 0.278. The van der Waals surface area contributed by atoms with Crippen molar-refractivity contribution < 1.29 is 9.53 Å². The third-order valence-corrected chi connectivity index (χ3v) is 4.05.